The smallest absolute Gasteiger partial charge is 0.266 e. The van der Waals surface area contributed by atoms with Crippen molar-refractivity contribution in [1.29, 1.82) is 0 Å². The number of hydrogen-bond acceptors (Lipinski definition) is 4. The molecule has 0 radical (unpaired) electrons. The molecule has 0 saturated heterocycles. The molecule has 0 spiro atoms. The van der Waals surface area contributed by atoms with Gasteiger partial charge in [-0.05, 0) is 34.3 Å². The molecule has 1 aromatic carbocycles. The largest absolute Gasteiger partial charge is 0.354 e. The van der Waals surface area contributed by atoms with Gasteiger partial charge in [-0.15, -0.1) is 0 Å². The molecule has 8 heteroatoms. The average molecular weight is 444 g/mol. The Morgan fingerprint density at radius 3 is 2.68 bits per heavy atom. The second kappa shape index (κ2) is 7.50. The van der Waals surface area contributed by atoms with Gasteiger partial charge in [0, 0.05) is 19.0 Å². The molecule has 1 aliphatic rings. The van der Waals surface area contributed by atoms with Gasteiger partial charge in [0.05, 0.1) is 0 Å². The first-order chi connectivity index (χ1) is 13.5. The Morgan fingerprint density at radius 2 is 1.96 bits per heavy atom. The molecule has 28 heavy (non-hydrogen) atoms. The number of benzene rings is 1. The maximum absolute atomic E-state index is 12.7. The number of carbonyl (C=O) groups is 1. The molecule has 2 aromatic heterocycles. The monoisotopic (exact) mass is 443 g/mol. The third-order valence-corrected chi connectivity index (χ3v) is 6.21. The summed E-state index contributed by atoms with van der Waals surface area (Å²) in [4.78, 5) is 29.6. The minimum absolute atomic E-state index is 0.0174. The van der Waals surface area contributed by atoms with Crippen molar-refractivity contribution in [2.75, 3.05) is 6.54 Å². The van der Waals surface area contributed by atoms with E-state index in [-0.39, 0.29) is 23.4 Å². The normalized spacial score (nSPS) is 15.8. The predicted molar refractivity (Wildman–Crippen MR) is 110 cm³/mol. The highest BCUT2D eigenvalue weighted by Crippen LogP contribution is 2.40. The fourth-order valence-corrected chi connectivity index (χ4v) is 4.72. The van der Waals surface area contributed by atoms with E-state index in [1.807, 2.05) is 18.2 Å². The van der Waals surface area contributed by atoms with Crippen molar-refractivity contribution in [3.05, 3.63) is 57.2 Å². The van der Waals surface area contributed by atoms with E-state index < -0.39 is 0 Å². The highest BCUT2D eigenvalue weighted by Gasteiger charge is 2.35. The molecule has 2 heterocycles. The van der Waals surface area contributed by atoms with Gasteiger partial charge in [-0.3, -0.25) is 14.2 Å². The van der Waals surface area contributed by atoms with E-state index in [0.717, 1.165) is 12.8 Å². The fraction of sp³-hybridized carbons (Fsp3) is 0.400. The fourth-order valence-electron chi connectivity index (χ4n) is 4.14. The topological polar surface area (TPSA) is 81.8 Å². The standard InChI is InChI=1S/C20H22BrN5O2/c1-25-18-16(17(21)24-25)19(28)26(13-23-18)11-15(27)22-12-20(9-5-6-10-20)14-7-3-2-4-8-14/h2-4,7-8,13H,5-6,9-12H2,1H3,(H,22,27). The van der Waals surface area contributed by atoms with Crippen LogP contribution in [0.4, 0.5) is 0 Å². The van der Waals surface area contributed by atoms with E-state index >= 15 is 0 Å². The maximum atomic E-state index is 12.7. The summed E-state index contributed by atoms with van der Waals surface area (Å²) in [6.45, 7) is 0.519. The molecule has 1 saturated carbocycles. The first kappa shape index (κ1) is 18.9. The van der Waals surface area contributed by atoms with Crippen LogP contribution in [0.1, 0.15) is 31.2 Å². The quantitative estimate of drug-likeness (QED) is 0.656. The van der Waals surface area contributed by atoms with E-state index in [9.17, 15) is 9.59 Å². The summed E-state index contributed by atoms with van der Waals surface area (Å²) in [6.07, 6.45) is 5.86. The van der Waals surface area contributed by atoms with Crippen LogP contribution in [0.25, 0.3) is 11.0 Å². The lowest BCUT2D eigenvalue weighted by Gasteiger charge is -2.30. The van der Waals surface area contributed by atoms with Gasteiger partial charge in [0.15, 0.2) is 5.65 Å². The number of hydrogen-bond donors (Lipinski definition) is 1. The van der Waals surface area contributed by atoms with Gasteiger partial charge in [0.25, 0.3) is 5.56 Å². The molecule has 146 valence electrons. The van der Waals surface area contributed by atoms with Crippen molar-refractivity contribution in [2.24, 2.45) is 7.05 Å². The van der Waals surface area contributed by atoms with Crippen LogP contribution in [0, 0.1) is 0 Å². The zero-order valence-electron chi connectivity index (χ0n) is 15.7. The van der Waals surface area contributed by atoms with Gasteiger partial charge in [0.1, 0.15) is 22.9 Å². The Balaban J connectivity index is 1.50. The van der Waals surface area contributed by atoms with E-state index in [2.05, 4.69) is 43.5 Å². The minimum atomic E-state index is -0.279. The van der Waals surface area contributed by atoms with E-state index in [1.165, 1.54) is 34.0 Å². The third-order valence-electron chi connectivity index (χ3n) is 5.65. The predicted octanol–water partition coefficient (Wildman–Crippen LogP) is 2.52. The Labute approximate surface area is 170 Å². The van der Waals surface area contributed by atoms with Crippen LogP contribution < -0.4 is 10.9 Å². The van der Waals surface area contributed by atoms with Crippen LogP contribution in [-0.2, 0) is 23.8 Å². The number of aromatic nitrogens is 4. The molecule has 0 atom stereocenters. The summed E-state index contributed by atoms with van der Waals surface area (Å²) in [7, 11) is 1.72. The second-order valence-electron chi connectivity index (χ2n) is 7.42. The number of aryl methyl sites for hydroxylation is 1. The molecule has 1 aliphatic carbocycles. The van der Waals surface area contributed by atoms with Crippen molar-refractivity contribution < 1.29 is 4.79 Å². The number of nitrogens with zero attached hydrogens (tertiary/aromatic N) is 4. The van der Waals surface area contributed by atoms with Crippen molar-refractivity contribution in [2.45, 2.75) is 37.6 Å². The van der Waals surface area contributed by atoms with Gasteiger partial charge in [0.2, 0.25) is 5.91 Å². The highest BCUT2D eigenvalue weighted by atomic mass is 79.9. The molecule has 1 amide bonds. The summed E-state index contributed by atoms with van der Waals surface area (Å²) in [6, 6.07) is 10.4. The molecular formula is C20H22BrN5O2. The molecule has 1 N–H and O–H groups in total. The SMILES string of the molecule is Cn1nc(Br)c2c(=O)n(CC(=O)NCC3(c4ccccc4)CCCC3)cnc21. The third kappa shape index (κ3) is 3.37. The molecule has 0 aliphatic heterocycles. The van der Waals surface area contributed by atoms with Gasteiger partial charge in [-0.2, -0.15) is 5.10 Å². The first-order valence-corrected chi connectivity index (χ1v) is 10.2. The molecule has 7 nitrogen and oxygen atoms in total. The zero-order valence-corrected chi connectivity index (χ0v) is 17.3. The summed E-state index contributed by atoms with van der Waals surface area (Å²) >= 11 is 3.29. The first-order valence-electron chi connectivity index (χ1n) is 9.40. The maximum Gasteiger partial charge on any atom is 0.266 e. The number of rotatable bonds is 5. The molecule has 4 rings (SSSR count). The lowest BCUT2D eigenvalue weighted by molar-refractivity contribution is -0.122. The van der Waals surface area contributed by atoms with Crippen molar-refractivity contribution in [1.82, 2.24) is 24.6 Å². The van der Waals surface area contributed by atoms with Gasteiger partial charge in [-0.25, -0.2) is 9.67 Å². The molecular weight excluding hydrogens is 422 g/mol. The number of nitrogens with one attached hydrogen (secondary N) is 1. The van der Waals surface area contributed by atoms with Crippen LogP contribution in [0.5, 0.6) is 0 Å². The lowest BCUT2D eigenvalue weighted by atomic mass is 9.79. The Hall–Kier alpha value is -2.48. The van der Waals surface area contributed by atoms with Crippen LogP contribution >= 0.6 is 15.9 Å². The molecule has 3 aromatic rings. The summed E-state index contributed by atoms with van der Waals surface area (Å²) in [5.74, 6) is -0.189. The van der Waals surface area contributed by atoms with Crippen LogP contribution in [0.15, 0.2) is 46.1 Å². The average Bonchev–Trinajstić information content (AvgIpc) is 3.29. The minimum Gasteiger partial charge on any atom is -0.354 e. The molecule has 0 bridgehead atoms. The van der Waals surface area contributed by atoms with Crippen LogP contribution in [-0.4, -0.2) is 31.8 Å². The number of halogens is 1. The van der Waals surface area contributed by atoms with E-state index in [1.54, 1.807) is 7.05 Å². The van der Waals surface area contributed by atoms with Crippen molar-refractivity contribution in [3.63, 3.8) is 0 Å². The van der Waals surface area contributed by atoms with Crippen molar-refractivity contribution in [3.8, 4) is 0 Å². The zero-order chi connectivity index (χ0) is 19.7. The van der Waals surface area contributed by atoms with Crippen LogP contribution in [0.2, 0.25) is 0 Å². The number of fused-ring (bicyclic) bond motifs is 1. The Morgan fingerprint density at radius 1 is 1.25 bits per heavy atom. The summed E-state index contributed by atoms with van der Waals surface area (Å²) in [5.41, 5.74) is 1.46. The molecule has 1 fully saturated rings. The number of amides is 1. The van der Waals surface area contributed by atoms with E-state index in [0.29, 0.717) is 22.2 Å². The van der Waals surface area contributed by atoms with Gasteiger partial charge >= 0.3 is 0 Å². The molecule has 0 unspecified atom stereocenters. The summed E-state index contributed by atoms with van der Waals surface area (Å²) < 4.78 is 3.30. The highest BCUT2D eigenvalue weighted by molar-refractivity contribution is 9.10. The van der Waals surface area contributed by atoms with E-state index in [4.69, 9.17) is 0 Å². The lowest BCUT2D eigenvalue weighted by Crippen LogP contribution is -2.41. The van der Waals surface area contributed by atoms with Gasteiger partial charge in [-0.1, -0.05) is 43.2 Å². The van der Waals surface area contributed by atoms with Gasteiger partial charge < -0.3 is 5.32 Å². The van der Waals surface area contributed by atoms with Crippen molar-refractivity contribution >= 4 is 32.9 Å². The Bertz CT molecular complexity index is 1070. The number of carbonyl (C=O) groups excluding carboxylic acids is 1. The van der Waals surface area contributed by atoms with Crippen LogP contribution in [0.3, 0.4) is 0 Å². The second-order valence-corrected chi connectivity index (χ2v) is 8.17. The Kier molecular flexibility index (Phi) is 5.05. The summed E-state index contributed by atoms with van der Waals surface area (Å²) in [5, 5.41) is 7.59.